The number of ether oxygens (including phenoxy) is 2. The highest BCUT2D eigenvalue weighted by Crippen LogP contribution is 2.32. The number of rotatable bonds is 6. The topological polar surface area (TPSA) is 84.9 Å². The molecule has 3 rings (SSSR count). The highest BCUT2D eigenvalue weighted by atomic mass is 16.6. The molecule has 3 atom stereocenters. The van der Waals surface area contributed by atoms with Crippen LogP contribution in [0.5, 0.6) is 0 Å². The summed E-state index contributed by atoms with van der Waals surface area (Å²) in [5.74, 6) is -0.885. The summed E-state index contributed by atoms with van der Waals surface area (Å²) in [5.41, 5.74) is 0.939. The van der Waals surface area contributed by atoms with Crippen molar-refractivity contribution in [3.05, 3.63) is 71.8 Å². The number of cyclic esters (lactones) is 1. The van der Waals surface area contributed by atoms with E-state index in [9.17, 15) is 14.4 Å². The molecule has 0 saturated carbocycles. The Balaban J connectivity index is 1.96. The van der Waals surface area contributed by atoms with Crippen LogP contribution in [0.15, 0.2) is 60.7 Å². The lowest BCUT2D eigenvalue weighted by Crippen LogP contribution is -2.53. The summed E-state index contributed by atoms with van der Waals surface area (Å²) in [6.07, 6.45) is -0.869. The molecule has 0 bridgehead atoms. The second-order valence-corrected chi connectivity index (χ2v) is 8.76. The highest BCUT2D eigenvalue weighted by molar-refractivity contribution is 5.98. The Bertz CT molecular complexity index is 940. The minimum absolute atomic E-state index is 0.0654. The molecule has 0 aromatic heterocycles. The van der Waals surface area contributed by atoms with Gasteiger partial charge < -0.3 is 14.8 Å². The van der Waals surface area contributed by atoms with Gasteiger partial charge in [0.1, 0.15) is 24.3 Å². The van der Waals surface area contributed by atoms with Crippen LogP contribution in [0, 0.1) is 0 Å². The second-order valence-electron chi connectivity index (χ2n) is 8.76. The highest BCUT2D eigenvalue weighted by Gasteiger charge is 2.44. The van der Waals surface area contributed by atoms with Gasteiger partial charge in [-0.3, -0.25) is 4.79 Å². The smallest absolute Gasteiger partial charge is 0.417 e. The van der Waals surface area contributed by atoms with Crippen LogP contribution < -0.4 is 5.32 Å². The zero-order chi connectivity index (χ0) is 23.3. The molecule has 1 N–H and O–H groups in total. The Morgan fingerprint density at radius 2 is 1.69 bits per heavy atom. The molecule has 1 aliphatic rings. The molecule has 1 heterocycles. The number of carbonyl (C=O) groups is 3. The molecule has 170 valence electrons. The van der Waals surface area contributed by atoms with Crippen LogP contribution in [0.1, 0.15) is 57.2 Å². The lowest BCUT2D eigenvalue weighted by Gasteiger charge is -2.31. The van der Waals surface area contributed by atoms with E-state index in [1.807, 2.05) is 67.6 Å². The Labute approximate surface area is 188 Å². The summed E-state index contributed by atoms with van der Waals surface area (Å²) in [4.78, 5) is 40.1. The van der Waals surface area contributed by atoms with E-state index >= 15 is 0 Å². The van der Waals surface area contributed by atoms with Gasteiger partial charge >= 0.3 is 12.2 Å². The summed E-state index contributed by atoms with van der Waals surface area (Å²) < 4.78 is 10.6. The van der Waals surface area contributed by atoms with Crippen LogP contribution in [0.2, 0.25) is 0 Å². The number of alkyl carbamates (subject to hydrolysis) is 1. The van der Waals surface area contributed by atoms with E-state index in [0.29, 0.717) is 6.42 Å². The molecule has 7 heteroatoms. The van der Waals surface area contributed by atoms with Crippen molar-refractivity contribution in [1.82, 2.24) is 10.2 Å². The van der Waals surface area contributed by atoms with Gasteiger partial charge in [-0.1, -0.05) is 67.6 Å². The Morgan fingerprint density at radius 1 is 1.09 bits per heavy atom. The van der Waals surface area contributed by atoms with Crippen molar-refractivity contribution < 1.29 is 23.9 Å². The fourth-order valence-electron chi connectivity index (χ4n) is 3.87. The van der Waals surface area contributed by atoms with E-state index in [4.69, 9.17) is 9.47 Å². The maximum absolute atomic E-state index is 13.8. The fourth-order valence-corrected chi connectivity index (χ4v) is 3.87. The third kappa shape index (κ3) is 5.46. The standard InChI is InChI=1S/C25H30N2O5/c1-5-19(17-12-8-6-9-13-17)21(26-23(29)32-25(2,3)4)22(28)27-20(16-31-24(27)30)18-14-10-7-11-15-18/h6-15,19-21H,5,16H2,1-4H3,(H,26,29)/t19-,20?,21-/m0/s1. The maximum atomic E-state index is 13.8. The van der Waals surface area contributed by atoms with E-state index < -0.39 is 35.8 Å². The van der Waals surface area contributed by atoms with Crippen LogP contribution in [0.3, 0.4) is 0 Å². The number of amides is 3. The third-order valence-corrected chi connectivity index (χ3v) is 5.30. The van der Waals surface area contributed by atoms with E-state index in [1.165, 1.54) is 0 Å². The molecule has 1 saturated heterocycles. The van der Waals surface area contributed by atoms with Crippen LogP contribution in [0.4, 0.5) is 9.59 Å². The van der Waals surface area contributed by atoms with E-state index in [0.717, 1.165) is 16.0 Å². The van der Waals surface area contributed by atoms with Crippen molar-refractivity contribution in [1.29, 1.82) is 0 Å². The molecule has 0 spiro atoms. The van der Waals surface area contributed by atoms with Crippen LogP contribution in [-0.4, -0.2) is 41.2 Å². The van der Waals surface area contributed by atoms with Crippen molar-refractivity contribution in [2.45, 2.75) is 57.7 Å². The summed E-state index contributed by atoms with van der Waals surface area (Å²) in [5, 5.41) is 2.73. The number of nitrogens with one attached hydrogen (secondary N) is 1. The minimum atomic E-state index is -1.01. The number of carbonyl (C=O) groups excluding carboxylic acids is 3. The van der Waals surface area contributed by atoms with Gasteiger partial charge in [-0.25, -0.2) is 14.5 Å². The quantitative estimate of drug-likeness (QED) is 0.701. The number of nitrogens with zero attached hydrogens (tertiary/aromatic N) is 1. The van der Waals surface area contributed by atoms with Crippen LogP contribution >= 0.6 is 0 Å². The number of hydrogen-bond donors (Lipinski definition) is 1. The Hall–Kier alpha value is -3.35. The van der Waals surface area contributed by atoms with E-state index in [1.54, 1.807) is 20.8 Å². The Kier molecular flexibility index (Phi) is 7.18. The van der Waals surface area contributed by atoms with E-state index in [2.05, 4.69) is 5.32 Å². The Morgan fingerprint density at radius 3 is 2.25 bits per heavy atom. The molecule has 1 unspecified atom stereocenters. The first-order valence-electron chi connectivity index (χ1n) is 10.8. The first kappa shape index (κ1) is 23.3. The van der Waals surface area contributed by atoms with Crippen molar-refractivity contribution in [2.24, 2.45) is 0 Å². The first-order valence-corrected chi connectivity index (χ1v) is 10.8. The fraction of sp³-hybridized carbons (Fsp3) is 0.400. The molecule has 3 amide bonds. The summed E-state index contributed by atoms with van der Waals surface area (Å²) >= 11 is 0. The van der Waals surface area contributed by atoms with Gasteiger partial charge in [-0.15, -0.1) is 0 Å². The molecule has 0 aliphatic carbocycles. The van der Waals surface area contributed by atoms with Crippen molar-refractivity contribution in [2.75, 3.05) is 6.61 Å². The maximum Gasteiger partial charge on any atom is 0.417 e. The third-order valence-electron chi connectivity index (χ3n) is 5.30. The van der Waals surface area contributed by atoms with Crippen molar-refractivity contribution in [3.63, 3.8) is 0 Å². The van der Waals surface area contributed by atoms with Gasteiger partial charge in [0.25, 0.3) is 5.91 Å². The van der Waals surface area contributed by atoms with Gasteiger partial charge in [-0.05, 0) is 38.3 Å². The molecule has 0 radical (unpaired) electrons. The van der Waals surface area contributed by atoms with Gasteiger partial charge in [0, 0.05) is 5.92 Å². The average Bonchev–Trinajstić information content (AvgIpc) is 3.14. The largest absolute Gasteiger partial charge is 0.446 e. The lowest BCUT2D eigenvalue weighted by atomic mass is 9.88. The SMILES string of the molecule is CC[C@@H](c1ccccc1)[C@H](NC(=O)OC(C)(C)C)C(=O)N1C(=O)OCC1c1ccccc1. The zero-order valence-electron chi connectivity index (χ0n) is 18.9. The van der Waals surface area contributed by atoms with Crippen molar-refractivity contribution >= 4 is 18.1 Å². The molecular weight excluding hydrogens is 408 g/mol. The van der Waals surface area contributed by atoms with Gasteiger partial charge in [0.15, 0.2) is 0 Å². The first-order chi connectivity index (χ1) is 15.2. The molecular formula is C25H30N2O5. The molecule has 7 nitrogen and oxygen atoms in total. The van der Waals surface area contributed by atoms with Crippen molar-refractivity contribution in [3.8, 4) is 0 Å². The average molecular weight is 439 g/mol. The summed E-state index contributed by atoms with van der Waals surface area (Å²) in [6, 6.07) is 17.1. The van der Waals surface area contributed by atoms with E-state index in [-0.39, 0.29) is 12.5 Å². The molecule has 2 aromatic rings. The molecule has 1 fully saturated rings. The molecule has 1 aliphatic heterocycles. The lowest BCUT2D eigenvalue weighted by molar-refractivity contribution is -0.132. The zero-order valence-corrected chi connectivity index (χ0v) is 18.9. The normalized spacial score (nSPS) is 17.9. The number of benzene rings is 2. The van der Waals surface area contributed by atoms with Gasteiger partial charge in [-0.2, -0.15) is 0 Å². The predicted octanol–water partition coefficient (Wildman–Crippen LogP) is 4.79. The molecule has 32 heavy (non-hydrogen) atoms. The molecule has 2 aromatic carbocycles. The van der Waals surface area contributed by atoms with Crippen LogP contribution in [0.25, 0.3) is 0 Å². The van der Waals surface area contributed by atoms with Gasteiger partial charge in [0.05, 0.1) is 0 Å². The predicted molar refractivity (Wildman–Crippen MR) is 120 cm³/mol. The second kappa shape index (κ2) is 9.85. The summed E-state index contributed by atoms with van der Waals surface area (Å²) in [6.45, 7) is 7.26. The number of hydrogen-bond acceptors (Lipinski definition) is 5. The van der Waals surface area contributed by atoms with Crippen LogP contribution in [-0.2, 0) is 14.3 Å². The monoisotopic (exact) mass is 438 g/mol. The number of imide groups is 1. The van der Waals surface area contributed by atoms with Gasteiger partial charge in [0.2, 0.25) is 0 Å². The summed E-state index contributed by atoms with van der Waals surface area (Å²) in [7, 11) is 0. The minimum Gasteiger partial charge on any atom is -0.446 e.